The molecule has 0 rings (SSSR count). The molecule has 0 aromatic carbocycles. The average molecular weight is 290 g/mol. The molecule has 6 heteroatoms. The summed E-state index contributed by atoms with van der Waals surface area (Å²) in [5.41, 5.74) is -0.904. The summed E-state index contributed by atoms with van der Waals surface area (Å²) in [5, 5.41) is 11.9. The number of urea groups is 1. The number of carboxylic acids is 1. The Kier molecular flexibility index (Phi) is 7.90. The number of aliphatic carboxylic acids is 1. The van der Waals surface area contributed by atoms with E-state index in [0.717, 1.165) is 12.2 Å². The number of carboxylic acid groups (broad SMARTS) is 1. The molecule has 0 fully saturated rings. The van der Waals surface area contributed by atoms with E-state index in [0.29, 0.717) is 6.42 Å². The molecule has 0 aliphatic carbocycles. The molecule has 0 aliphatic rings. The molecule has 0 aromatic heterocycles. The number of hydrogen-bond acceptors (Lipinski definition) is 3. The highest BCUT2D eigenvalue weighted by Crippen LogP contribution is 2.20. The van der Waals surface area contributed by atoms with Gasteiger partial charge < -0.3 is 15.3 Å². The Balaban J connectivity index is 4.33. The average Bonchev–Trinajstić information content (AvgIpc) is 2.40. The summed E-state index contributed by atoms with van der Waals surface area (Å²) in [7, 11) is 1.74. The Hall–Kier alpha value is -0.910. The van der Waals surface area contributed by atoms with E-state index in [1.807, 2.05) is 20.1 Å². The maximum absolute atomic E-state index is 11.9. The van der Waals surface area contributed by atoms with E-state index >= 15 is 0 Å². The predicted molar refractivity (Wildman–Crippen MR) is 79.7 cm³/mol. The lowest BCUT2D eigenvalue weighted by atomic mass is 9.88. The summed E-state index contributed by atoms with van der Waals surface area (Å²) in [5.74, 6) is 0.119. The Bertz CT molecular complexity index is 312. The van der Waals surface area contributed by atoms with Crippen LogP contribution in [0.2, 0.25) is 0 Å². The topological polar surface area (TPSA) is 69.6 Å². The third kappa shape index (κ3) is 5.72. The van der Waals surface area contributed by atoms with Gasteiger partial charge in [0.25, 0.3) is 0 Å². The molecule has 0 spiro atoms. The number of hydrogen-bond donors (Lipinski definition) is 2. The number of carbonyl (C=O) groups is 2. The molecule has 0 radical (unpaired) electrons. The van der Waals surface area contributed by atoms with E-state index in [1.54, 1.807) is 30.6 Å². The van der Waals surface area contributed by atoms with Crippen LogP contribution in [0.5, 0.6) is 0 Å². The van der Waals surface area contributed by atoms with Crippen molar-refractivity contribution in [1.82, 2.24) is 10.2 Å². The third-order valence-electron chi connectivity index (χ3n) is 3.65. The first-order valence-electron chi connectivity index (χ1n) is 6.51. The smallest absolute Gasteiger partial charge is 0.317 e. The zero-order valence-corrected chi connectivity index (χ0v) is 13.3. The van der Waals surface area contributed by atoms with E-state index < -0.39 is 11.4 Å². The first-order chi connectivity index (χ1) is 8.78. The second-order valence-electron chi connectivity index (χ2n) is 5.12. The molecule has 5 nitrogen and oxygen atoms in total. The van der Waals surface area contributed by atoms with Gasteiger partial charge in [0.1, 0.15) is 0 Å². The molecule has 2 amide bonds. The molecular formula is C13H26N2O3S. The zero-order valence-electron chi connectivity index (χ0n) is 12.5. The highest BCUT2D eigenvalue weighted by atomic mass is 32.2. The monoisotopic (exact) mass is 290 g/mol. The largest absolute Gasteiger partial charge is 0.481 e. The normalized spacial score (nSPS) is 15.4. The second kappa shape index (κ2) is 8.30. The zero-order chi connectivity index (χ0) is 15.1. The summed E-state index contributed by atoms with van der Waals surface area (Å²) in [6, 6.07) is -0.0697. The molecule has 0 saturated heterocycles. The summed E-state index contributed by atoms with van der Waals surface area (Å²) in [4.78, 5) is 24.7. The summed E-state index contributed by atoms with van der Waals surface area (Å²) < 4.78 is 0. The molecule has 0 saturated carbocycles. The van der Waals surface area contributed by atoms with Gasteiger partial charge in [-0.05, 0) is 38.7 Å². The van der Waals surface area contributed by atoms with Gasteiger partial charge in [-0.15, -0.1) is 0 Å². The molecule has 0 bridgehead atoms. The van der Waals surface area contributed by atoms with Crippen molar-refractivity contribution in [3.63, 3.8) is 0 Å². The lowest BCUT2D eigenvalue weighted by Crippen LogP contribution is -2.47. The van der Waals surface area contributed by atoms with Crippen LogP contribution in [-0.4, -0.2) is 53.6 Å². The van der Waals surface area contributed by atoms with Crippen LogP contribution in [0.3, 0.4) is 0 Å². The minimum Gasteiger partial charge on any atom is -0.481 e. The molecule has 2 atom stereocenters. The summed E-state index contributed by atoms with van der Waals surface area (Å²) in [6.07, 6.45) is 3.44. The minimum atomic E-state index is -0.904. The van der Waals surface area contributed by atoms with Gasteiger partial charge in [-0.2, -0.15) is 11.8 Å². The maximum Gasteiger partial charge on any atom is 0.317 e. The molecule has 0 aliphatic heterocycles. The number of thioether (sulfide) groups is 1. The summed E-state index contributed by atoms with van der Waals surface area (Å²) in [6.45, 7) is 5.60. The Morgan fingerprint density at radius 2 is 2.05 bits per heavy atom. The van der Waals surface area contributed by atoms with Gasteiger partial charge in [0, 0.05) is 19.6 Å². The van der Waals surface area contributed by atoms with Crippen LogP contribution in [0.4, 0.5) is 4.79 Å². The quantitative estimate of drug-likeness (QED) is 0.719. The van der Waals surface area contributed by atoms with Gasteiger partial charge in [0.15, 0.2) is 0 Å². The highest BCUT2D eigenvalue weighted by molar-refractivity contribution is 7.98. The first kappa shape index (κ1) is 18.1. The second-order valence-corrected chi connectivity index (χ2v) is 6.11. The molecule has 2 N–H and O–H groups in total. The standard InChI is InChI=1S/C13H26N2O3S/c1-6-13(3,11(16)17)9-14-12(18)15(4)10(2)7-8-19-5/h10H,6-9H2,1-5H3,(H,14,18)(H,16,17). The lowest BCUT2D eigenvalue weighted by Gasteiger charge is -2.28. The van der Waals surface area contributed by atoms with Crippen LogP contribution >= 0.6 is 11.8 Å². The Morgan fingerprint density at radius 3 is 2.47 bits per heavy atom. The fourth-order valence-electron chi connectivity index (χ4n) is 1.43. The first-order valence-corrected chi connectivity index (χ1v) is 7.91. The van der Waals surface area contributed by atoms with Crippen LogP contribution in [0, 0.1) is 5.41 Å². The van der Waals surface area contributed by atoms with Gasteiger partial charge in [-0.1, -0.05) is 6.92 Å². The molecule has 0 heterocycles. The van der Waals surface area contributed by atoms with Crippen LogP contribution in [0.15, 0.2) is 0 Å². The lowest BCUT2D eigenvalue weighted by molar-refractivity contribution is -0.147. The number of rotatable bonds is 8. The summed E-state index contributed by atoms with van der Waals surface area (Å²) >= 11 is 1.75. The highest BCUT2D eigenvalue weighted by Gasteiger charge is 2.32. The van der Waals surface area contributed by atoms with Gasteiger partial charge in [-0.3, -0.25) is 4.79 Å². The van der Waals surface area contributed by atoms with Gasteiger partial charge in [0.2, 0.25) is 0 Å². The van der Waals surface area contributed by atoms with Crippen molar-refractivity contribution in [2.75, 3.05) is 25.6 Å². The SMILES string of the molecule is CCC(C)(CNC(=O)N(C)C(C)CCSC)C(=O)O. The number of nitrogens with one attached hydrogen (secondary N) is 1. The van der Waals surface area contributed by atoms with Crippen molar-refractivity contribution in [3.05, 3.63) is 0 Å². The van der Waals surface area contributed by atoms with Gasteiger partial charge in [0.05, 0.1) is 5.41 Å². The Labute approximate surface area is 120 Å². The fraction of sp³-hybridized carbons (Fsp3) is 0.846. The van der Waals surface area contributed by atoms with E-state index in [9.17, 15) is 9.59 Å². The third-order valence-corrected chi connectivity index (χ3v) is 4.29. The molecule has 0 aromatic rings. The maximum atomic E-state index is 11.9. The molecule has 2 unspecified atom stereocenters. The van der Waals surface area contributed by atoms with Crippen LogP contribution in [-0.2, 0) is 4.79 Å². The van der Waals surface area contributed by atoms with E-state index in [1.165, 1.54) is 0 Å². The van der Waals surface area contributed by atoms with Crippen molar-refractivity contribution in [2.45, 2.75) is 39.7 Å². The molecule has 112 valence electrons. The van der Waals surface area contributed by atoms with Gasteiger partial charge in [-0.25, -0.2) is 4.79 Å². The van der Waals surface area contributed by atoms with Crippen molar-refractivity contribution >= 4 is 23.8 Å². The van der Waals surface area contributed by atoms with Crippen LogP contribution in [0.25, 0.3) is 0 Å². The number of carbonyl (C=O) groups excluding carboxylic acids is 1. The van der Waals surface area contributed by atoms with E-state index in [-0.39, 0.29) is 18.6 Å². The van der Waals surface area contributed by atoms with Crippen molar-refractivity contribution in [1.29, 1.82) is 0 Å². The van der Waals surface area contributed by atoms with Crippen molar-refractivity contribution < 1.29 is 14.7 Å². The van der Waals surface area contributed by atoms with Crippen molar-refractivity contribution in [3.8, 4) is 0 Å². The van der Waals surface area contributed by atoms with Crippen molar-refractivity contribution in [2.24, 2.45) is 5.41 Å². The predicted octanol–water partition coefficient (Wildman–Crippen LogP) is 2.27. The fourth-order valence-corrected chi connectivity index (χ4v) is 2.01. The van der Waals surface area contributed by atoms with Crippen LogP contribution < -0.4 is 5.32 Å². The van der Waals surface area contributed by atoms with Gasteiger partial charge >= 0.3 is 12.0 Å². The Morgan fingerprint density at radius 1 is 1.47 bits per heavy atom. The van der Waals surface area contributed by atoms with E-state index in [4.69, 9.17) is 5.11 Å². The van der Waals surface area contributed by atoms with E-state index in [2.05, 4.69) is 5.32 Å². The number of nitrogens with zero attached hydrogens (tertiary/aromatic N) is 1. The molecule has 19 heavy (non-hydrogen) atoms. The molecular weight excluding hydrogens is 264 g/mol. The number of amides is 2. The minimum absolute atomic E-state index is 0.144. The van der Waals surface area contributed by atoms with Crippen LogP contribution in [0.1, 0.15) is 33.6 Å².